The van der Waals surface area contributed by atoms with E-state index in [0.29, 0.717) is 12.1 Å². The number of allylic oxidation sites excluding steroid dienone is 1. The number of benzene rings is 1. The summed E-state index contributed by atoms with van der Waals surface area (Å²) < 4.78 is 11.2. The number of rotatable bonds is 7. The van der Waals surface area contributed by atoms with Gasteiger partial charge in [-0.15, -0.1) is 0 Å². The Balaban J connectivity index is 1.53. The van der Waals surface area contributed by atoms with Crippen LogP contribution in [-0.4, -0.2) is 37.6 Å². The molecule has 1 aromatic carbocycles. The van der Waals surface area contributed by atoms with Crippen molar-refractivity contribution in [3.05, 3.63) is 80.9 Å². The molecule has 5 nitrogen and oxygen atoms in total. The fraction of sp³-hybridized carbons (Fsp3) is 0.300. The van der Waals surface area contributed by atoms with Crippen molar-refractivity contribution in [2.24, 2.45) is 16.2 Å². The van der Waals surface area contributed by atoms with Crippen LogP contribution in [0.25, 0.3) is 28.0 Å². The maximum atomic E-state index is 10.6. The van der Waals surface area contributed by atoms with Gasteiger partial charge in [-0.2, -0.15) is 0 Å². The summed E-state index contributed by atoms with van der Waals surface area (Å²) in [5, 5.41) is 19.5. The van der Waals surface area contributed by atoms with Gasteiger partial charge in [0.1, 0.15) is 0 Å². The molecule has 1 fully saturated rings. The number of aliphatic hydroxyl groups excluding tert-OH is 1. The minimum atomic E-state index is -2.45. The molecule has 2 aliphatic rings. The van der Waals surface area contributed by atoms with E-state index in [2.05, 4.69) is 75.0 Å². The van der Waals surface area contributed by atoms with E-state index in [-0.39, 0.29) is 5.92 Å². The first-order chi connectivity index (χ1) is 17.3. The van der Waals surface area contributed by atoms with Crippen molar-refractivity contribution >= 4 is 17.5 Å². The number of halogens is 1. The molecule has 6 heteroatoms. The van der Waals surface area contributed by atoms with Crippen LogP contribution in [0.1, 0.15) is 36.9 Å². The molecule has 0 radical (unpaired) electrons. The molecule has 1 saturated carbocycles. The molecule has 3 unspecified atom stereocenters. The summed E-state index contributed by atoms with van der Waals surface area (Å²) in [5.74, 6) is -0.0831. The zero-order valence-electron chi connectivity index (χ0n) is 21.0. The molecule has 0 amide bonds. The van der Waals surface area contributed by atoms with Gasteiger partial charge in [-0.1, -0.05) is 0 Å². The topological polar surface area (TPSA) is 74.3 Å². The van der Waals surface area contributed by atoms with Crippen LogP contribution in [0.15, 0.2) is 72.8 Å². The molecule has 0 spiro atoms. The van der Waals surface area contributed by atoms with E-state index in [4.69, 9.17) is 13.6 Å². The fourth-order valence-corrected chi connectivity index (χ4v) is 8.48. The summed E-state index contributed by atoms with van der Waals surface area (Å²) in [6.45, 7) is 4.01. The maximum absolute atomic E-state index is 10.6. The Morgan fingerprint density at radius 2 is 1.97 bits per heavy atom. The van der Waals surface area contributed by atoms with Crippen LogP contribution in [0.5, 0.6) is 0 Å². The van der Waals surface area contributed by atoms with Gasteiger partial charge in [0.05, 0.1) is 0 Å². The number of nitrogens with zero attached hydrogens (tertiary/aromatic N) is 3. The van der Waals surface area contributed by atoms with E-state index in [1.54, 1.807) is 0 Å². The van der Waals surface area contributed by atoms with E-state index in [0.717, 1.165) is 59.3 Å². The number of hydrogen-bond donors (Lipinski definition) is 2. The van der Waals surface area contributed by atoms with Crippen LogP contribution in [-0.2, 0) is 13.5 Å². The van der Waals surface area contributed by atoms with Gasteiger partial charge < -0.3 is 0 Å². The number of alkyl halides is 1. The summed E-state index contributed by atoms with van der Waals surface area (Å²) in [4.78, 5) is 7.33. The van der Waals surface area contributed by atoms with E-state index in [9.17, 15) is 5.11 Å². The van der Waals surface area contributed by atoms with Gasteiger partial charge in [-0.3, -0.25) is 0 Å². The Hall–Kier alpha value is -2.84. The molecule has 188 valence electrons. The first-order valence-corrected chi connectivity index (χ1v) is 18.0. The van der Waals surface area contributed by atoms with Crippen molar-refractivity contribution in [2.45, 2.75) is 38.2 Å². The average Bonchev–Trinajstić information content (AvgIpc) is 3.50. The average molecular weight is 594 g/mol. The Bertz CT molecular complexity index is 1370. The molecule has 3 aromatic rings. The fourth-order valence-electron chi connectivity index (χ4n) is 5.09. The molecule has 1 aliphatic carbocycles. The van der Waals surface area contributed by atoms with Crippen molar-refractivity contribution < 1.29 is 23.8 Å². The van der Waals surface area contributed by atoms with E-state index in [1.807, 2.05) is 17.3 Å². The zero-order chi connectivity index (χ0) is 25.3. The third kappa shape index (κ3) is 5.15. The van der Waals surface area contributed by atoms with Crippen LogP contribution >= 0.6 is 0 Å². The van der Waals surface area contributed by atoms with E-state index < -0.39 is 24.8 Å². The van der Waals surface area contributed by atoms with Crippen molar-refractivity contribution in [3.63, 3.8) is 0 Å². The molecular formula is C30H34IN4O-. The quantitative estimate of drug-likeness (QED) is 0.251. The third-order valence-corrected chi connectivity index (χ3v) is 12.4. The summed E-state index contributed by atoms with van der Waals surface area (Å²) in [6, 6.07) is 14.8. The van der Waals surface area contributed by atoms with Crippen LogP contribution < -0.4 is 18.7 Å². The van der Waals surface area contributed by atoms with Crippen LogP contribution in [0, 0.1) is 11.3 Å². The number of aromatic nitrogens is 2. The van der Waals surface area contributed by atoms with Crippen molar-refractivity contribution in [1.82, 2.24) is 9.55 Å². The second-order valence-corrected chi connectivity index (χ2v) is 17.2. The second kappa shape index (κ2) is 10.3. The predicted octanol–water partition coefficient (Wildman–Crippen LogP) is 3.14. The number of aliphatic hydroxyl groups is 1. The van der Waals surface area contributed by atoms with Crippen LogP contribution in [0.4, 0.5) is 0 Å². The summed E-state index contributed by atoms with van der Waals surface area (Å²) in [7, 11) is 2.03. The third-order valence-electron chi connectivity index (χ3n) is 7.19. The molecule has 3 heterocycles. The normalized spacial score (nSPS) is 25.2. The van der Waals surface area contributed by atoms with Gasteiger partial charge >= 0.3 is 212 Å². The molecule has 5 rings (SSSR count). The van der Waals surface area contributed by atoms with Gasteiger partial charge in [-0.05, 0) is 0 Å². The SMILES string of the molecule is C=C[I-]1(C)C=C(c2ccc(-c3cccc(-c4ccn(C)c4)c3)nc2CC(=N)C2CCCCC2O)C=N1. The van der Waals surface area contributed by atoms with Gasteiger partial charge in [0.15, 0.2) is 0 Å². The van der Waals surface area contributed by atoms with Gasteiger partial charge in [0.25, 0.3) is 0 Å². The minimum absolute atomic E-state index is 0.0831. The van der Waals surface area contributed by atoms with E-state index >= 15 is 0 Å². The number of nitrogens with one attached hydrogen (secondary N) is 1. The summed E-state index contributed by atoms with van der Waals surface area (Å²) >= 11 is -2.45. The molecule has 1 aliphatic heterocycles. The standard InChI is InChI=1S/C30H34IN4O/c1-4-31(2)18-24(19-33-31)25-12-13-28(22-9-7-8-21(16-22)23-14-15-35(3)20-23)34-29(25)17-27(32)26-10-5-6-11-30(26)36/h4,7-9,12-16,18-20,26,30,32,36H,1,5-6,10-11,17H2,2-3H3/q-1. The molecule has 36 heavy (non-hydrogen) atoms. The molecule has 2 N–H and O–H groups in total. The van der Waals surface area contributed by atoms with Crippen molar-refractivity contribution in [2.75, 3.05) is 4.93 Å². The number of pyridine rings is 1. The molecule has 0 saturated heterocycles. The van der Waals surface area contributed by atoms with Crippen molar-refractivity contribution in [3.8, 4) is 22.4 Å². The number of aryl methyl sites for hydroxylation is 1. The van der Waals surface area contributed by atoms with E-state index in [1.165, 1.54) is 5.56 Å². The predicted molar refractivity (Wildman–Crippen MR) is 146 cm³/mol. The number of hydrogen-bond acceptors (Lipinski definition) is 4. The van der Waals surface area contributed by atoms with Crippen molar-refractivity contribution in [1.29, 1.82) is 5.41 Å². The molecule has 0 bridgehead atoms. The van der Waals surface area contributed by atoms with Crippen LogP contribution in [0.2, 0.25) is 0 Å². The Labute approximate surface area is 218 Å². The van der Waals surface area contributed by atoms with Gasteiger partial charge in [-0.25, -0.2) is 0 Å². The first-order valence-electron chi connectivity index (χ1n) is 12.4. The molecular weight excluding hydrogens is 559 g/mol. The second-order valence-electron chi connectivity index (χ2n) is 9.87. The summed E-state index contributed by atoms with van der Waals surface area (Å²) in [6.07, 6.45) is 9.91. The Morgan fingerprint density at radius 1 is 1.17 bits per heavy atom. The van der Waals surface area contributed by atoms with Crippen LogP contribution in [0.3, 0.4) is 0 Å². The molecule has 3 atom stereocenters. The monoisotopic (exact) mass is 593 g/mol. The summed E-state index contributed by atoms with van der Waals surface area (Å²) in [5.41, 5.74) is 7.85. The Morgan fingerprint density at radius 3 is 2.69 bits per heavy atom. The zero-order valence-corrected chi connectivity index (χ0v) is 23.1. The Kier molecular flexibility index (Phi) is 7.08. The molecule has 2 aromatic heterocycles. The van der Waals surface area contributed by atoms with Gasteiger partial charge in [0, 0.05) is 7.05 Å². The van der Waals surface area contributed by atoms with Gasteiger partial charge in [0.2, 0.25) is 0 Å². The first kappa shape index (κ1) is 24.8.